The second kappa shape index (κ2) is 16.7. The molecule has 1 saturated carbocycles. The molecule has 1 unspecified atom stereocenters. The minimum Gasteiger partial charge on any atom is -0.456 e. The van der Waals surface area contributed by atoms with Crippen molar-refractivity contribution in [3.63, 3.8) is 0 Å². The number of ether oxygens (including phenoxy) is 1. The molecule has 5 atom stereocenters. The summed E-state index contributed by atoms with van der Waals surface area (Å²) in [6.07, 6.45) is 9.25. The Labute approximate surface area is 190 Å². The molecule has 0 aliphatic heterocycles. The molecule has 0 amide bonds. The predicted molar refractivity (Wildman–Crippen MR) is 118 cm³/mol. The number of carbonyl (C=O) groups is 2. The Balaban J connectivity index is 2.30. The number of hydrogen-bond donors (Lipinski definition) is 3. The topological polar surface area (TPSA) is 143 Å². The number of rotatable bonds is 18. The van der Waals surface area contributed by atoms with Gasteiger partial charge in [-0.25, -0.2) is 0 Å². The molecule has 0 aromatic heterocycles. The van der Waals surface area contributed by atoms with E-state index in [1.54, 1.807) is 6.08 Å². The maximum Gasteiger partial charge on any atom is 0.306 e. The van der Waals surface area contributed by atoms with Crippen molar-refractivity contribution >= 4 is 11.8 Å². The Morgan fingerprint density at radius 3 is 2.66 bits per heavy atom. The summed E-state index contributed by atoms with van der Waals surface area (Å²) in [6, 6.07) is 0. The summed E-state index contributed by atoms with van der Waals surface area (Å²) >= 11 is 0. The third-order valence-corrected chi connectivity index (χ3v) is 5.85. The number of unbranched alkanes of at least 4 members (excludes halogenated alkanes) is 5. The highest BCUT2D eigenvalue weighted by molar-refractivity contribution is 5.84. The highest BCUT2D eigenvalue weighted by Crippen LogP contribution is 2.34. The first-order chi connectivity index (χ1) is 15.4. The van der Waals surface area contributed by atoms with Gasteiger partial charge in [0.05, 0.1) is 18.8 Å². The normalized spacial score (nSPS) is 22.8. The largest absolute Gasteiger partial charge is 0.456 e. The monoisotopic (exact) mass is 457 g/mol. The number of carbonyl (C=O) groups excluding carboxylic acids is 2. The van der Waals surface area contributed by atoms with Crippen molar-refractivity contribution in [2.24, 2.45) is 17.2 Å². The van der Waals surface area contributed by atoms with Crippen molar-refractivity contribution in [1.82, 2.24) is 0 Å². The molecule has 32 heavy (non-hydrogen) atoms. The third-order valence-electron chi connectivity index (χ3n) is 5.85. The minimum atomic E-state index is -0.907. The van der Waals surface area contributed by atoms with E-state index in [0.29, 0.717) is 19.3 Å². The lowest BCUT2D eigenvalue weighted by Crippen LogP contribution is -2.26. The van der Waals surface area contributed by atoms with Crippen molar-refractivity contribution in [3.05, 3.63) is 17.1 Å². The molecule has 9 nitrogen and oxygen atoms in total. The number of esters is 1. The zero-order valence-corrected chi connectivity index (χ0v) is 19.1. The standard InChI is InChI=1S/C23H39NO8/c1-2-3-6-9-17(26)12-13-20-19(21(27)14-22(20)28)10-7-4-5-8-11-23(29)32-18(15-25)16-31-24-30/h12-13,17-20,22,25-26,28H,2-11,14-16H2,1H3/b13-12+/t17-,18?,19+,20+,22+/m0/s1. The van der Waals surface area contributed by atoms with Gasteiger partial charge < -0.3 is 24.9 Å². The van der Waals surface area contributed by atoms with Crippen LogP contribution in [0.25, 0.3) is 0 Å². The molecule has 1 fully saturated rings. The van der Waals surface area contributed by atoms with Crippen LogP contribution in [0.3, 0.4) is 0 Å². The molecular weight excluding hydrogens is 418 g/mol. The van der Waals surface area contributed by atoms with Gasteiger partial charge in [0, 0.05) is 24.7 Å². The highest BCUT2D eigenvalue weighted by Gasteiger charge is 2.39. The number of Topliss-reactive ketones (excluding diaryl/α,β-unsaturated/α-hetero) is 1. The van der Waals surface area contributed by atoms with Crippen LogP contribution < -0.4 is 0 Å². The second-order valence-electron chi connectivity index (χ2n) is 8.49. The molecule has 0 heterocycles. The second-order valence-corrected chi connectivity index (χ2v) is 8.49. The van der Waals surface area contributed by atoms with Crippen LogP contribution in [-0.4, -0.2) is 58.6 Å². The molecule has 0 aromatic rings. The lowest BCUT2D eigenvalue weighted by molar-refractivity contribution is -0.154. The Morgan fingerprint density at radius 1 is 1.22 bits per heavy atom. The van der Waals surface area contributed by atoms with Crippen molar-refractivity contribution in [2.75, 3.05) is 13.2 Å². The van der Waals surface area contributed by atoms with E-state index in [-0.39, 0.29) is 37.1 Å². The lowest BCUT2D eigenvalue weighted by atomic mass is 9.88. The first-order valence-electron chi connectivity index (χ1n) is 11.7. The van der Waals surface area contributed by atoms with Crippen LogP contribution in [0.2, 0.25) is 0 Å². The zero-order valence-electron chi connectivity index (χ0n) is 19.1. The van der Waals surface area contributed by atoms with Gasteiger partial charge in [0.25, 0.3) is 0 Å². The van der Waals surface area contributed by atoms with E-state index in [2.05, 4.69) is 17.1 Å². The molecule has 0 bridgehead atoms. The average molecular weight is 458 g/mol. The maximum atomic E-state index is 12.3. The van der Waals surface area contributed by atoms with Gasteiger partial charge in [-0.3, -0.25) is 9.59 Å². The number of ketones is 1. The average Bonchev–Trinajstić information content (AvgIpc) is 3.04. The summed E-state index contributed by atoms with van der Waals surface area (Å²) < 4.78 is 4.99. The van der Waals surface area contributed by atoms with E-state index in [0.717, 1.165) is 38.5 Å². The molecule has 0 radical (unpaired) electrons. The van der Waals surface area contributed by atoms with Crippen molar-refractivity contribution in [2.45, 2.75) is 95.9 Å². The predicted octanol–water partition coefficient (Wildman–Crippen LogP) is 2.99. The number of aliphatic hydroxyl groups excluding tert-OH is 3. The van der Waals surface area contributed by atoms with E-state index >= 15 is 0 Å². The van der Waals surface area contributed by atoms with Crippen molar-refractivity contribution in [1.29, 1.82) is 0 Å². The van der Waals surface area contributed by atoms with Gasteiger partial charge in [-0.15, -0.1) is 4.91 Å². The highest BCUT2D eigenvalue weighted by atomic mass is 16.7. The summed E-state index contributed by atoms with van der Waals surface area (Å²) in [7, 11) is 0. The molecule has 1 aliphatic rings. The van der Waals surface area contributed by atoms with Crippen molar-refractivity contribution < 1.29 is 34.5 Å². The fourth-order valence-corrected chi connectivity index (χ4v) is 4.02. The first-order valence-corrected chi connectivity index (χ1v) is 11.7. The van der Waals surface area contributed by atoms with Crippen LogP contribution >= 0.6 is 0 Å². The van der Waals surface area contributed by atoms with E-state index in [4.69, 9.17) is 9.84 Å². The molecule has 3 N–H and O–H groups in total. The van der Waals surface area contributed by atoms with Crippen LogP contribution in [0.4, 0.5) is 0 Å². The number of nitrogens with zero attached hydrogens (tertiary/aromatic N) is 1. The van der Waals surface area contributed by atoms with E-state index in [1.165, 1.54) is 0 Å². The quantitative estimate of drug-likeness (QED) is 0.0937. The Morgan fingerprint density at radius 2 is 1.97 bits per heavy atom. The molecule has 184 valence electrons. The van der Waals surface area contributed by atoms with Crippen LogP contribution in [0, 0.1) is 16.7 Å². The molecule has 1 rings (SSSR count). The fourth-order valence-electron chi connectivity index (χ4n) is 4.02. The van der Waals surface area contributed by atoms with Gasteiger partial charge in [0.2, 0.25) is 0 Å². The summed E-state index contributed by atoms with van der Waals surface area (Å²) in [4.78, 5) is 38.2. The van der Waals surface area contributed by atoms with Gasteiger partial charge in [-0.05, 0) is 19.3 Å². The number of aliphatic hydroxyl groups is 3. The van der Waals surface area contributed by atoms with Gasteiger partial charge in [0.15, 0.2) is 18.1 Å². The van der Waals surface area contributed by atoms with Gasteiger partial charge >= 0.3 is 5.97 Å². The van der Waals surface area contributed by atoms with Gasteiger partial charge in [0.1, 0.15) is 5.78 Å². The van der Waals surface area contributed by atoms with E-state index in [9.17, 15) is 24.7 Å². The van der Waals surface area contributed by atoms with Crippen LogP contribution in [0.1, 0.15) is 77.6 Å². The minimum absolute atomic E-state index is 0.0679. The number of hydrogen-bond acceptors (Lipinski definition) is 9. The van der Waals surface area contributed by atoms with Crippen molar-refractivity contribution in [3.8, 4) is 0 Å². The fraction of sp³-hybridized carbons (Fsp3) is 0.826. The zero-order chi connectivity index (χ0) is 23.8. The van der Waals surface area contributed by atoms with Crippen LogP contribution in [0.5, 0.6) is 0 Å². The molecule has 0 spiro atoms. The summed E-state index contributed by atoms with van der Waals surface area (Å²) in [5, 5.41) is 31.6. The molecule has 0 aromatic carbocycles. The molecule has 1 aliphatic carbocycles. The first kappa shape index (κ1) is 28.2. The summed E-state index contributed by atoms with van der Waals surface area (Å²) in [5.41, 5.74) is 0. The molecule has 9 heteroatoms. The lowest BCUT2D eigenvalue weighted by Gasteiger charge is -2.18. The Kier molecular flexibility index (Phi) is 14.8. The van der Waals surface area contributed by atoms with Crippen LogP contribution in [-0.2, 0) is 19.2 Å². The van der Waals surface area contributed by atoms with E-state index in [1.807, 2.05) is 6.08 Å². The Bertz CT molecular complexity index is 582. The SMILES string of the molecule is CCCCC[C@H](O)/C=C/[C@H]1[C@H](O)CC(=O)[C@@H]1CCCCCCC(=O)OC(CO)CON=O. The van der Waals surface area contributed by atoms with Gasteiger partial charge in [-0.1, -0.05) is 57.6 Å². The summed E-state index contributed by atoms with van der Waals surface area (Å²) in [6.45, 7) is 1.38. The Hall–Kier alpha value is -1.84. The maximum absolute atomic E-state index is 12.3. The van der Waals surface area contributed by atoms with Gasteiger partial charge in [-0.2, -0.15) is 0 Å². The smallest absolute Gasteiger partial charge is 0.306 e. The molecular formula is C23H39NO8. The van der Waals surface area contributed by atoms with E-state index < -0.39 is 30.9 Å². The third kappa shape index (κ3) is 11.2. The van der Waals surface area contributed by atoms with Crippen LogP contribution in [0.15, 0.2) is 17.5 Å². The molecule has 0 saturated heterocycles. The summed E-state index contributed by atoms with van der Waals surface area (Å²) in [5.74, 6) is -0.892.